The van der Waals surface area contributed by atoms with Gasteiger partial charge in [-0.25, -0.2) is 12.8 Å². The molecule has 0 bridgehead atoms. The maximum atomic E-state index is 13.6. The third-order valence-electron chi connectivity index (χ3n) is 4.39. The maximum Gasteiger partial charge on any atom is 0.249 e. The van der Waals surface area contributed by atoms with E-state index in [1.807, 2.05) is 0 Å². The standard InChI is InChI=1S/C20H21FN2O5S2/c1-27-11-10-23-17-8-3-14(21)13-18(17)29-20(23)22-19(24)9-12-30(25,26)16-6-4-15(28-2)5-7-16/h3-8,13H,9-12H2,1-2H3. The monoisotopic (exact) mass is 452 g/mol. The van der Waals surface area contributed by atoms with E-state index in [0.29, 0.717) is 28.4 Å². The van der Waals surface area contributed by atoms with Crippen LogP contribution in [0, 0.1) is 5.82 Å². The Balaban J connectivity index is 1.82. The molecule has 0 unspecified atom stereocenters. The van der Waals surface area contributed by atoms with Crippen molar-refractivity contribution in [2.75, 3.05) is 26.6 Å². The van der Waals surface area contributed by atoms with Crippen molar-refractivity contribution in [2.45, 2.75) is 17.9 Å². The lowest BCUT2D eigenvalue weighted by Gasteiger charge is -2.05. The van der Waals surface area contributed by atoms with Gasteiger partial charge in [-0.05, 0) is 42.5 Å². The van der Waals surface area contributed by atoms with Gasteiger partial charge >= 0.3 is 0 Å². The second-order valence-corrected chi connectivity index (χ2v) is 9.51. The molecule has 0 aliphatic heterocycles. The van der Waals surface area contributed by atoms with Gasteiger partial charge in [0.1, 0.15) is 11.6 Å². The minimum Gasteiger partial charge on any atom is -0.497 e. The molecule has 0 spiro atoms. The number of hydrogen-bond acceptors (Lipinski definition) is 6. The Hall–Kier alpha value is -2.56. The highest BCUT2D eigenvalue weighted by atomic mass is 32.2. The Morgan fingerprint density at radius 1 is 1.17 bits per heavy atom. The van der Waals surface area contributed by atoms with E-state index >= 15 is 0 Å². The number of fused-ring (bicyclic) bond motifs is 1. The Morgan fingerprint density at radius 3 is 2.57 bits per heavy atom. The number of methoxy groups -OCH3 is 2. The summed E-state index contributed by atoms with van der Waals surface area (Å²) in [6.07, 6.45) is -0.263. The highest BCUT2D eigenvalue weighted by Crippen LogP contribution is 2.19. The fourth-order valence-corrected chi connectivity index (χ4v) is 5.14. The second-order valence-electron chi connectivity index (χ2n) is 6.39. The number of nitrogens with zero attached hydrogens (tertiary/aromatic N) is 2. The number of sulfone groups is 1. The molecule has 0 aliphatic rings. The first-order valence-electron chi connectivity index (χ1n) is 9.06. The van der Waals surface area contributed by atoms with Gasteiger partial charge in [-0.3, -0.25) is 4.79 Å². The summed E-state index contributed by atoms with van der Waals surface area (Å²) < 4.78 is 51.0. The molecule has 10 heteroatoms. The molecular formula is C20H21FN2O5S2. The van der Waals surface area contributed by atoms with Crippen LogP contribution in [0.4, 0.5) is 4.39 Å². The number of amides is 1. The summed E-state index contributed by atoms with van der Waals surface area (Å²) in [5, 5.41) is 0. The van der Waals surface area contributed by atoms with Gasteiger partial charge in [0.25, 0.3) is 0 Å². The maximum absolute atomic E-state index is 13.6. The Kier molecular flexibility index (Phi) is 7.01. The van der Waals surface area contributed by atoms with Crippen LogP contribution < -0.4 is 9.54 Å². The van der Waals surface area contributed by atoms with Gasteiger partial charge in [-0.1, -0.05) is 11.3 Å². The molecule has 1 aromatic heterocycles. The van der Waals surface area contributed by atoms with Crippen molar-refractivity contribution in [2.24, 2.45) is 4.99 Å². The van der Waals surface area contributed by atoms with Gasteiger partial charge in [-0.2, -0.15) is 4.99 Å². The van der Waals surface area contributed by atoms with Gasteiger partial charge < -0.3 is 14.0 Å². The number of aromatic nitrogens is 1. The van der Waals surface area contributed by atoms with Crippen LogP contribution in [-0.4, -0.2) is 45.5 Å². The van der Waals surface area contributed by atoms with E-state index in [0.717, 1.165) is 5.52 Å². The fraction of sp³-hybridized carbons (Fsp3) is 0.300. The minimum absolute atomic E-state index is 0.114. The van der Waals surface area contributed by atoms with Crippen LogP contribution in [0.5, 0.6) is 5.75 Å². The third-order valence-corrected chi connectivity index (χ3v) is 7.16. The molecule has 3 aromatic rings. The number of ether oxygens (including phenoxy) is 2. The average molecular weight is 453 g/mol. The first-order chi connectivity index (χ1) is 14.3. The van der Waals surface area contributed by atoms with Gasteiger partial charge in [0.2, 0.25) is 5.91 Å². The zero-order chi connectivity index (χ0) is 21.7. The van der Waals surface area contributed by atoms with Crippen LogP contribution in [0.1, 0.15) is 6.42 Å². The van der Waals surface area contributed by atoms with E-state index in [1.54, 1.807) is 29.9 Å². The molecule has 0 radical (unpaired) electrons. The topological polar surface area (TPSA) is 87.0 Å². The molecule has 7 nitrogen and oxygen atoms in total. The van der Waals surface area contributed by atoms with Gasteiger partial charge in [0.05, 0.1) is 34.6 Å². The molecule has 0 saturated carbocycles. The van der Waals surface area contributed by atoms with Gasteiger partial charge in [0.15, 0.2) is 14.6 Å². The molecule has 160 valence electrons. The number of thiazole rings is 1. The number of rotatable bonds is 8. The fourth-order valence-electron chi connectivity index (χ4n) is 2.82. The summed E-state index contributed by atoms with van der Waals surface area (Å²) >= 11 is 1.17. The summed E-state index contributed by atoms with van der Waals surface area (Å²) in [6, 6.07) is 10.3. The highest BCUT2D eigenvalue weighted by molar-refractivity contribution is 7.91. The molecule has 0 N–H and O–H groups in total. The SMILES string of the molecule is COCCn1c(=NC(=O)CCS(=O)(=O)c2ccc(OC)cc2)sc2cc(F)ccc21. The lowest BCUT2D eigenvalue weighted by molar-refractivity contribution is -0.117. The van der Waals surface area contributed by atoms with Gasteiger partial charge in [-0.15, -0.1) is 0 Å². The molecule has 0 fully saturated rings. The number of carbonyl (C=O) groups excluding carboxylic acids is 1. The van der Waals surface area contributed by atoms with Crippen LogP contribution in [0.2, 0.25) is 0 Å². The molecule has 3 rings (SSSR count). The van der Waals surface area contributed by atoms with E-state index in [9.17, 15) is 17.6 Å². The van der Waals surface area contributed by atoms with E-state index in [1.165, 1.54) is 42.7 Å². The summed E-state index contributed by atoms with van der Waals surface area (Å²) in [5.41, 5.74) is 0.732. The minimum atomic E-state index is -3.64. The molecule has 1 heterocycles. The van der Waals surface area contributed by atoms with Crippen molar-refractivity contribution < 1.29 is 27.1 Å². The lowest BCUT2D eigenvalue weighted by Crippen LogP contribution is -2.20. The highest BCUT2D eigenvalue weighted by Gasteiger charge is 2.17. The normalized spacial score (nSPS) is 12.4. The van der Waals surface area contributed by atoms with Crippen LogP contribution in [-0.2, 0) is 25.9 Å². The van der Waals surface area contributed by atoms with Crippen molar-refractivity contribution in [3.63, 3.8) is 0 Å². The van der Waals surface area contributed by atoms with Crippen LogP contribution in [0.25, 0.3) is 10.2 Å². The number of carbonyl (C=O) groups is 1. The zero-order valence-electron chi connectivity index (χ0n) is 16.5. The number of hydrogen-bond donors (Lipinski definition) is 0. The van der Waals surface area contributed by atoms with Crippen molar-refractivity contribution in [1.82, 2.24) is 4.57 Å². The summed E-state index contributed by atoms with van der Waals surface area (Å²) in [5.74, 6) is -0.766. The van der Waals surface area contributed by atoms with Gasteiger partial charge in [0, 0.05) is 20.1 Å². The first kappa shape index (κ1) is 22.1. The van der Waals surface area contributed by atoms with Crippen LogP contribution in [0.15, 0.2) is 52.4 Å². The quantitative estimate of drug-likeness (QED) is 0.525. The largest absolute Gasteiger partial charge is 0.497 e. The Labute approximate surface area is 177 Å². The lowest BCUT2D eigenvalue weighted by atomic mass is 10.3. The van der Waals surface area contributed by atoms with E-state index in [2.05, 4.69) is 4.99 Å². The molecule has 0 atom stereocenters. The van der Waals surface area contributed by atoms with E-state index in [4.69, 9.17) is 9.47 Å². The van der Waals surface area contributed by atoms with Crippen LogP contribution in [0.3, 0.4) is 0 Å². The molecule has 0 aliphatic carbocycles. The van der Waals surface area contributed by atoms with Crippen LogP contribution >= 0.6 is 11.3 Å². The van der Waals surface area contributed by atoms with Crippen molar-refractivity contribution in [3.05, 3.63) is 53.1 Å². The predicted octanol–water partition coefficient (Wildman–Crippen LogP) is 2.79. The average Bonchev–Trinajstić information content (AvgIpc) is 3.06. The summed E-state index contributed by atoms with van der Waals surface area (Å²) in [7, 11) is -0.589. The molecular weight excluding hydrogens is 431 g/mol. The van der Waals surface area contributed by atoms with E-state index < -0.39 is 15.7 Å². The van der Waals surface area contributed by atoms with Crippen molar-refractivity contribution in [1.29, 1.82) is 0 Å². The summed E-state index contributed by atoms with van der Waals surface area (Å²) in [6.45, 7) is 0.814. The summed E-state index contributed by atoms with van der Waals surface area (Å²) in [4.78, 5) is 17.0. The number of halogens is 1. The first-order valence-corrected chi connectivity index (χ1v) is 11.5. The Morgan fingerprint density at radius 2 is 1.90 bits per heavy atom. The third kappa shape index (κ3) is 5.13. The Bertz CT molecular complexity index is 1210. The zero-order valence-corrected chi connectivity index (χ0v) is 18.1. The second kappa shape index (κ2) is 9.50. The molecule has 0 saturated heterocycles. The smallest absolute Gasteiger partial charge is 0.249 e. The molecule has 30 heavy (non-hydrogen) atoms. The number of benzene rings is 2. The van der Waals surface area contributed by atoms with E-state index in [-0.39, 0.29) is 22.9 Å². The van der Waals surface area contributed by atoms with Crippen molar-refractivity contribution >= 4 is 37.3 Å². The molecule has 2 aromatic carbocycles. The predicted molar refractivity (Wildman–Crippen MR) is 112 cm³/mol. The molecule has 1 amide bonds. The van der Waals surface area contributed by atoms with Crippen molar-refractivity contribution in [3.8, 4) is 5.75 Å².